The van der Waals surface area contributed by atoms with Crippen LogP contribution < -0.4 is 0 Å². The van der Waals surface area contributed by atoms with Crippen molar-refractivity contribution in [2.75, 3.05) is 33.3 Å². The Kier molecular flexibility index (Phi) is 6.65. The molecule has 7 heteroatoms. The summed E-state index contributed by atoms with van der Waals surface area (Å²) in [6, 6.07) is 14.5. The molecule has 3 rings (SSSR count). The normalized spacial score (nSPS) is 15.9. The molecule has 0 radical (unpaired) electrons. The number of benzene rings is 2. The number of sulfonamides is 1. The van der Waals surface area contributed by atoms with Gasteiger partial charge in [-0.2, -0.15) is 4.31 Å². The van der Waals surface area contributed by atoms with Crippen molar-refractivity contribution in [1.82, 2.24) is 9.21 Å². The summed E-state index contributed by atoms with van der Waals surface area (Å²) in [5.41, 5.74) is 2.49. The van der Waals surface area contributed by atoms with Crippen LogP contribution in [0.4, 0.5) is 0 Å². The topological polar surface area (TPSA) is 66.9 Å². The van der Waals surface area contributed by atoms with Crippen LogP contribution in [0.5, 0.6) is 0 Å². The summed E-state index contributed by atoms with van der Waals surface area (Å²) < 4.78 is 32.7. The van der Waals surface area contributed by atoms with Crippen LogP contribution in [-0.2, 0) is 26.8 Å². The van der Waals surface area contributed by atoms with Gasteiger partial charge in [-0.15, -0.1) is 0 Å². The fourth-order valence-electron chi connectivity index (χ4n) is 3.59. The van der Waals surface area contributed by atoms with Crippen molar-refractivity contribution in [3.8, 4) is 0 Å². The van der Waals surface area contributed by atoms with Crippen LogP contribution in [0.25, 0.3) is 0 Å². The molecule has 6 nitrogen and oxygen atoms in total. The predicted molar refractivity (Wildman–Crippen MR) is 117 cm³/mol. The van der Waals surface area contributed by atoms with Gasteiger partial charge in [-0.3, -0.25) is 4.79 Å². The Bertz CT molecular complexity index is 987. The molecule has 1 aliphatic heterocycles. The lowest BCUT2D eigenvalue weighted by Crippen LogP contribution is -2.50. The molecule has 1 amide bonds. The third-order valence-corrected chi connectivity index (χ3v) is 7.34. The van der Waals surface area contributed by atoms with Crippen molar-refractivity contribution in [3.63, 3.8) is 0 Å². The summed E-state index contributed by atoms with van der Waals surface area (Å²) in [6.45, 7) is 7.93. The van der Waals surface area contributed by atoms with Gasteiger partial charge in [-0.25, -0.2) is 8.42 Å². The fourth-order valence-corrected chi connectivity index (χ4v) is 5.01. The molecular formula is C23H30N2O4S. The van der Waals surface area contributed by atoms with Gasteiger partial charge in [0.25, 0.3) is 5.91 Å². The quantitative estimate of drug-likeness (QED) is 0.730. The van der Waals surface area contributed by atoms with E-state index in [-0.39, 0.29) is 24.4 Å². The van der Waals surface area contributed by atoms with Crippen LogP contribution in [0.15, 0.2) is 53.4 Å². The maximum Gasteiger partial charge on any atom is 0.254 e. The van der Waals surface area contributed by atoms with Gasteiger partial charge >= 0.3 is 0 Å². The minimum Gasteiger partial charge on any atom is -0.380 e. The SMILES string of the molecule is COCc1ccccc1C(=O)N1CCN(S(=O)(=O)c2ccc(C(C)(C)C)cc2)CC1. The number of ether oxygens (including phenoxy) is 1. The second kappa shape index (κ2) is 8.88. The standard InChI is InChI=1S/C23H30N2O4S/c1-23(2,3)19-9-11-20(12-10-19)30(27,28)25-15-13-24(14-16-25)22(26)21-8-6-5-7-18(21)17-29-4/h5-12H,13-17H2,1-4H3. The van der Waals surface area contributed by atoms with E-state index in [4.69, 9.17) is 4.74 Å². The molecule has 2 aromatic rings. The molecule has 0 aromatic heterocycles. The van der Waals surface area contributed by atoms with Gasteiger partial charge in [0.05, 0.1) is 11.5 Å². The van der Waals surface area contributed by atoms with Crippen molar-refractivity contribution in [2.45, 2.75) is 37.7 Å². The molecule has 0 saturated carbocycles. The zero-order valence-corrected chi connectivity index (χ0v) is 18.9. The molecule has 30 heavy (non-hydrogen) atoms. The second-order valence-corrected chi connectivity index (χ2v) is 10.5. The van der Waals surface area contributed by atoms with Gasteiger partial charge in [0.2, 0.25) is 10.0 Å². The minimum absolute atomic E-state index is 0.0343. The molecule has 1 aliphatic rings. The average Bonchev–Trinajstić information content (AvgIpc) is 2.73. The Hall–Kier alpha value is -2.22. The first-order chi connectivity index (χ1) is 14.1. The minimum atomic E-state index is -3.58. The zero-order chi connectivity index (χ0) is 21.9. The number of hydrogen-bond donors (Lipinski definition) is 0. The predicted octanol–water partition coefficient (Wildman–Crippen LogP) is 3.28. The van der Waals surface area contributed by atoms with Gasteiger partial charge in [0.1, 0.15) is 0 Å². The number of carbonyl (C=O) groups is 1. The first-order valence-electron chi connectivity index (χ1n) is 10.1. The highest BCUT2D eigenvalue weighted by molar-refractivity contribution is 7.89. The Morgan fingerprint density at radius 2 is 1.57 bits per heavy atom. The van der Waals surface area contributed by atoms with Gasteiger partial charge < -0.3 is 9.64 Å². The van der Waals surface area contributed by atoms with E-state index in [2.05, 4.69) is 20.8 Å². The summed E-state index contributed by atoms with van der Waals surface area (Å²) in [5, 5.41) is 0. The van der Waals surface area contributed by atoms with E-state index in [9.17, 15) is 13.2 Å². The number of methoxy groups -OCH3 is 1. The summed E-state index contributed by atoms with van der Waals surface area (Å²) in [6.07, 6.45) is 0. The third kappa shape index (κ3) is 4.74. The third-order valence-electron chi connectivity index (χ3n) is 5.43. The van der Waals surface area contributed by atoms with Crippen LogP contribution in [0.3, 0.4) is 0 Å². The average molecular weight is 431 g/mol. The van der Waals surface area contributed by atoms with Crippen molar-refractivity contribution in [3.05, 3.63) is 65.2 Å². The lowest BCUT2D eigenvalue weighted by atomic mass is 9.87. The van der Waals surface area contributed by atoms with Crippen LogP contribution >= 0.6 is 0 Å². The van der Waals surface area contributed by atoms with Gasteiger partial charge in [-0.05, 0) is 34.7 Å². The number of rotatable bonds is 5. The van der Waals surface area contributed by atoms with Gasteiger partial charge in [-0.1, -0.05) is 51.1 Å². The van der Waals surface area contributed by atoms with E-state index in [1.807, 2.05) is 30.3 Å². The number of nitrogens with zero attached hydrogens (tertiary/aromatic N) is 2. The van der Waals surface area contributed by atoms with E-state index in [1.165, 1.54) is 4.31 Å². The van der Waals surface area contributed by atoms with Crippen molar-refractivity contribution in [1.29, 1.82) is 0 Å². The Balaban J connectivity index is 1.70. The molecule has 0 bridgehead atoms. The highest BCUT2D eigenvalue weighted by Crippen LogP contribution is 2.25. The van der Waals surface area contributed by atoms with Gasteiger partial charge in [0, 0.05) is 38.9 Å². The van der Waals surface area contributed by atoms with Crippen molar-refractivity contribution in [2.24, 2.45) is 0 Å². The first-order valence-corrected chi connectivity index (χ1v) is 11.6. The zero-order valence-electron chi connectivity index (χ0n) is 18.1. The summed E-state index contributed by atoms with van der Waals surface area (Å²) >= 11 is 0. The molecule has 0 N–H and O–H groups in total. The van der Waals surface area contributed by atoms with E-state index in [0.717, 1.165) is 11.1 Å². The summed E-state index contributed by atoms with van der Waals surface area (Å²) in [4.78, 5) is 15.0. The molecule has 1 saturated heterocycles. The largest absolute Gasteiger partial charge is 0.380 e. The number of piperazine rings is 1. The molecule has 0 aliphatic carbocycles. The molecule has 0 atom stereocenters. The maximum atomic E-state index is 13.0. The Morgan fingerprint density at radius 3 is 2.13 bits per heavy atom. The molecular weight excluding hydrogens is 400 g/mol. The molecule has 2 aromatic carbocycles. The van der Waals surface area contributed by atoms with Crippen molar-refractivity contribution >= 4 is 15.9 Å². The second-order valence-electron chi connectivity index (χ2n) is 8.56. The van der Waals surface area contributed by atoms with Gasteiger partial charge in [0.15, 0.2) is 0 Å². The van der Waals surface area contributed by atoms with Crippen molar-refractivity contribution < 1.29 is 17.9 Å². The van der Waals surface area contributed by atoms with E-state index >= 15 is 0 Å². The van der Waals surface area contributed by atoms with Crippen LogP contribution in [0, 0.1) is 0 Å². The first kappa shape index (κ1) is 22.5. The molecule has 1 heterocycles. The highest BCUT2D eigenvalue weighted by Gasteiger charge is 2.31. The maximum absolute atomic E-state index is 13.0. The number of carbonyl (C=O) groups excluding carboxylic acids is 1. The van der Waals surface area contributed by atoms with Crippen LogP contribution in [0.2, 0.25) is 0 Å². The lowest BCUT2D eigenvalue weighted by molar-refractivity contribution is 0.0693. The fraction of sp³-hybridized carbons (Fsp3) is 0.435. The monoisotopic (exact) mass is 430 g/mol. The van der Waals surface area contributed by atoms with Crippen LogP contribution in [0.1, 0.15) is 42.3 Å². The molecule has 1 fully saturated rings. The summed E-state index contributed by atoms with van der Waals surface area (Å²) in [7, 11) is -1.98. The Morgan fingerprint density at radius 1 is 0.967 bits per heavy atom. The highest BCUT2D eigenvalue weighted by atomic mass is 32.2. The lowest BCUT2D eigenvalue weighted by Gasteiger charge is -2.34. The summed E-state index contributed by atoms with van der Waals surface area (Å²) in [5.74, 6) is -0.0887. The smallest absolute Gasteiger partial charge is 0.254 e. The number of hydrogen-bond acceptors (Lipinski definition) is 4. The molecule has 162 valence electrons. The van der Waals surface area contributed by atoms with E-state index in [1.54, 1.807) is 30.2 Å². The Labute approximate surface area is 179 Å². The van der Waals surface area contributed by atoms with E-state index in [0.29, 0.717) is 30.2 Å². The number of amides is 1. The van der Waals surface area contributed by atoms with Crippen LogP contribution in [-0.4, -0.2) is 56.8 Å². The molecule has 0 spiro atoms. The van der Waals surface area contributed by atoms with E-state index < -0.39 is 10.0 Å². The molecule has 0 unspecified atom stereocenters.